The third kappa shape index (κ3) is 4.26. The summed E-state index contributed by atoms with van der Waals surface area (Å²) in [6.45, 7) is 2.41. The Kier molecular flexibility index (Phi) is 5.23. The van der Waals surface area contributed by atoms with E-state index in [0.717, 1.165) is 23.2 Å². The molecular formula is C17H23N3O2S. The lowest BCUT2D eigenvalue weighted by Crippen LogP contribution is -2.20. The SMILES string of the molecule is CCc1ccc(OC[C@@H](O)CSc2nnc(C3CC3)n2C)cc1. The van der Waals surface area contributed by atoms with E-state index in [1.807, 2.05) is 23.7 Å². The van der Waals surface area contributed by atoms with E-state index < -0.39 is 6.10 Å². The number of benzene rings is 1. The van der Waals surface area contributed by atoms with E-state index in [2.05, 4.69) is 29.3 Å². The summed E-state index contributed by atoms with van der Waals surface area (Å²) in [5.41, 5.74) is 1.28. The zero-order valence-corrected chi connectivity index (χ0v) is 14.4. The van der Waals surface area contributed by atoms with Crippen molar-refractivity contribution in [2.24, 2.45) is 7.05 Å². The van der Waals surface area contributed by atoms with Crippen LogP contribution in [-0.2, 0) is 13.5 Å². The smallest absolute Gasteiger partial charge is 0.191 e. The molecule has 0 saturated heterocycles. The number of aliphatic hydroxyl groups is 1. The van der Waals surface area contributed by atoms with Crippen molar-refractivity contribution in [3.63, 3.8) is 0 Å². The summed E-state index contributed by atoms with van der Waals surface area (Å²) in [6, 6.07) is 8.00. The van der Waals surface area contributed by atoms with Crippen LogP contribution < -0.4 is 4.74 Å². The van der Waals surface area contributed by atoms with Crippen LogP contribution in [0.3, 0.4) is 0 Å². The van der Waals surface area contributed by atoms with Crippen molar-refractivity contribution in [1.29, 1.82) is 0 Å². The van der Waals surface area contributed by atoms with Crippen molar-refractivity contribution in [2.75, 3.05) is 12.4 Å². The minimum absolute atomic E-state index is 0.284. The van der Waals surface area contributed by atoms with Gasteiger partial charge >= 0.3 is 0 Å². The monoisotopic (exact) mass is 333 g/mol. The molecule has 1 N–H and O–H groups in total. The minimum Gasteiger partial charge on any atom is -0.491 e. The predicted octanol–water partition coefficient (Wildman–Crippen LogP) is 2.79. The number of aliphatic hydroxyl groups excluding tert-OH is 1. The zero-order valence-electron chi connectivity index (χ0n) is 13.6. The molecule has 23 heavy (non-hydrogen) atoms. The number of aromatic nitrogens is 3. The zero-order chi connectivity index (χ0) is 16.2. The van der Waals surface area contributed by atoms with E-state index in [-0.39, 0.29) is 6.61 Å². The van der Waals surface area contributed by atoms with Gasteiger partial charge in [0.05, 0.1) is 6.10 Å². The van der Waals surface area contributed by atoms with Crippen LogP contribution in [0.5, 0.6) is 5.75 Å². The van der Waals surface area contributed by atoms with Crippen molar-refractivity contribution < 1.29 is 9.84 Å². The lowest BCUT2D eigenvalue weighted by atomic mass is 10.2. The van der Waals surface area contributed by atoms with Gasteiger partial charge in [-0.1, -0.05) is 30.8 Å². The number of hydrogen-bond donors (Lipinski definition) is 1. The standard InChI is InChI=1S/C17H23N3O2S/c1-3-12-4-8-15(9-5-12)22-10-14(21)11-23-17-19-18-16(20(17)2)13-6-7-13/h4-5,8-9,13-14,21H,3,6-7,10-11H2,1-2H3/t14-/m1/s1. The van der Waals surface area contributed by atoms with E-state index in [0.29, 0.717) is 11.7 Å². The van der Waals surface area contributed by atoms with Crippen molar-refractivity contribution in [3.8, 4) is 5.75 Å². The lowest BCUT2D eigenvalue weighted by molar-refractivity contribution is 0.126. The van der Waals surface area contributed by atoms with E-state index in [9.17, 15) is 5.11 Å². The van der Waals surface area contributed by atoms with Gasteiger partial charge in [0.1, 0.15) is 18.2 Å². The molecule has 0 spiro atoms. The molecule has 1 heterocycles. The van der Waals surface area contributed by atoms with E-state index in [4.69, 9.17) is 4.74 Å². The highest BCUT2D eigenvalue weighted by Gasteiger charge is 2.29. The molecule has 5 nitrogen and oxygen atoms in total. The molecule has 2 aromatic rings. The summed E-state index contributed by atoms with van der Waals surface area (Å²) in [4.78, 5) is 0. The number of ether oxygens (including phenoxy) is 1. The first-order valence-electron chi connectivity index (χ1n) is 8.09. The van der Waals surface area contributed by atoms with Crippen LogP contribution >= 0.6 is 11.8 Å². The molecular weight excluding hydrogens is 310 g/mol. The fraction of sp³-hybridized carbons (Fsp3) is 0.529. The number of rotatable bonds is 8. The Labute approximate surface area is 141 Å². The quantitative estimate of drug-likeness (QED) is 0.753. The highest BCUT2D eigenvalue weighted by molar-refractivity contribution is 7.99. The molecule has 0 bridgehead atoms. The molecule has 1 aromatic heterocycles. The Bertz CT molecular complexity index is 638. The number of aryl methyl sites for hydroxylation is 1. The Morgan fingerprint density at radius 2 is 2.04 bits per heavy atom. The van der Waals surface area contributed by atoms with Crippen LogP contribution in [0.1, 0.15) is 37.1 Å². The molecule has 1 aliphatic rings. The molecule has 1 fully saturated rings. The molecule has 1 aromatic carbocycles. The summed E-state index contributed by atoms with van der Waals surface area (Å²) >= 11 is 1.52. The van der Waals surface area contributed by atoms with Crippen LogP contribution in [0, 0.1) is 0 Å². The molecule has 1 aliphatic carbocycles. The van der Waals surface area contributed by atoms with Crippen molar-refractivity contribution in [3.05, 3.63) is 35.7 Å². The molecule has 124 valence electrons. The first-order chi connectivity index (χ1) is 11.2. The summed E-state index contributed by atoms with van der Waals surface area (Å²) in [5, 5.41) is 19.4. The van der Waals surface area contributed by atoms with Gasteiger partial charge in [-0.3, -0.25) is 0 Å². The van der Waals surface area contributed by atoms with Gasteiger partial charge in [0.2, 0.25) is 0 Å². The van der Waals surface area contributed by atoms with Gasteiger partial charge in [-0.15, -0.1) is 10.2 Å². The van der Waals surface area contributed by atoms with Crippen LogP contribution in [0.2, 0.25) is 0 Å². The molecule has 3 rings (SSSR count). The van der Waals surface area contributed by atoms with Gasteiger partial charge < -0.3 is 14.4 Å². The van der Waals surface area contributed by atoms with E-state index in [1.54, 1.807) is 0 Å². The maximum atomic E-state index is 10.1. The third-order valence-corrected chi connectivity index (χ3v) is 5.16. The molecule has 0 aliphatic heterocycles. The predicted molar refractivity (Wildman–Crippen MR) is 91.0 cm³/mol. The second kappa shape index (κ2) is 7.36. The Morgan fingerprint density at radius 3 is 2.70 bits per heavy atom. The summed E-state index contributed by atoms with van der Waals surface area (Å²) < 4.78 is 7.67. The van der Waals surface area contributed by atoms with Crippen molar-refractivity contribution >= 4 is 11.8 Å². The highest BCUT2D eigenvalue weighted by atomic mass is 32.2. The van der Waals surface area contributed by atoms with Crippen LogP contribution in [0.25, 0.3) is 0 Å². The molecule has 6 heteroatoms. The molecule has 1 atom stereocenters. The van der Waals surface area contributed by atoms with Crippen LogP contribution in [0.15, 0.2) is 29.4 Å². The van der Waals surface area contributed by atoms with Crippen molar-refractivity contribution in [2.45, 2.75) is 43.4 Å². The number of nitrogens with zero attached hydrogens (tertiary/aromatic N) is 3. The average Bonchev–Trinajstić information content (AvgIpc) is 3.35. The van der Waals surface area contributed by atoms with Gasteiger partial charge in [-0.25, -0.2) is 0 Å². The van der Waals surface area contributed by atoms with Crippen LogP contribution in [0.4, 0.5) is 0 Å². The van der Waals surface area contributed by atoms with E-state index in [1.165, 1.54) is 30.2 Å². The largest absolute Gasteiger partial charge is 0.491 e. The topological polar surface area (TPSA) is 60.2 Å². The average molecular weight is 333 g/mol. The normalized spacial score (nSPS) is 15.6. The second-order valence-electron chi connectivity index (χ2n) is 5.95. The minimum atomic E-state index is -0.535. The first-order valence-corrected chi connectivity index (χ1v) is 9.07. The van der Waals surface area contributed by atoms with Gasteiger partial charge in [0, 0.05) is 18.7 Å². The third-order valence-electron chi connectivity index (χ3n) is 3.99. The molecule has 0 unspecified atom stereocenters. The summed E-state index contributed by atoms with van der Waals surface area (Å²) in [5.74, 6) is 2.99. The van der Waals surface area contributed by atoms with Gasteiger partial charge in [-0.2, -0.15) is 0 Å². The summed E-state index contributed by atoms with van der Waals surface area (Å²) in [6.07, 6.45) is 2.90. The maximum absolute atomic E-state index is 10.1. The Hall–Kier alpha value is -1.53. The molecule has 0 amide bonds. The van der Waals surface area contributed by atoms with Gasteiger partial charge in [0.25, 0.3) is 0 Å². The fourth-order valence-electron chi connectivity index (χ4n) is 2.38. The van der Waals surface area contributed by atoms with Crippen LogP contribution in [-0.4, -0.2) is 38.3 Å². The fourth-order valence-corrected chi connectivity index (χ4v) is 3.20. The molecule has 1 saturated carbocycles. The highest BCUT2D eigenvalue weighted by Crippen LogP contribution is 2.39. The number of hydrogen-bond acceptors (Lipinski definition) is 5. The Morgan fingerprint density at radius 1 is 1.30 bits per heavy atom. The maximum Gasteiger partial charge on any atom is 0.191 e. The Balaban J connectivity index is 1.44. The first kappa shape index (κ1) is 16.3. The van der Waals surface area contributed by atoms with Gasteiger partial charge in [0.15, 0.2) is 5.16 Å². The molecule has 0 radical (unpaired) electrons. The van der Waals surface area contributed by atoms with Crippen molar-refractivity contribution in [1.82, 2.24) is 14.8 Å². The van der Waals surface area contributed by atoms with E-state index >= 15 is 0 Å². The van der Waals surface area contributed by atoms with Gasteiger partial charge in [-0.05, 0) is 37.0 Å². The second-order valence-corrected chi connectivity index (χ2v) is 6.93. The summed E-state index contributed by atoms with van der Waals surface area (Å²) in [7, 11) is 1.99. The lowest BCUT2D eigenvalue weighted by Gasteiger charge is -2.12. The number of thioether (sulfide) groups is 1.